The molecular formula is C10H16N2O. The van der Waals surface area contributed by atoms with E-state index in [9.17, 15) is 0 Å². The van der Waals surface area contributed by atoms with Gasteiger partial charge in [-0.05, 0) is 38.3 Å². The summed E-state index contributed by atoms with van der Waals surface area (Å²) in [7, 11) is 0. The maximum atomic E-state index is 5.19. The largest absolute Gasteiger partial charge is 0.449 e. The maximum Gasteiger partial charge on any atom is 0.193 e. The van der Waals surface area contributed by atoms with Gasteiger partial charge in [-0.2, -0.15) is 0 Å². The second-order valence-electron chi connectivity index (χ2n) is 3.68. The van der Waals surface area contributed by atoms with E-state index in [0.29, 0.717) is 0 Å². The maximum absolute atomic E-state index is 5.19. The average Bonchev–Trinajstić information content (AvgIpc) is 2.69. The van der Waals surface area contributed by atoms with Crippen molar-refractivity contribution < 1.29 is 4.42 Å². The monoisotopic (exact) mass is 180 g/mol. The summed E-state index contributed by atoms with van der Waals surface area (Å²) in [6.07, 6.45) is 8.22. The Morgan fingerprint density at radius 3 is 3.31 bits per heavy atom. The van der Waals surface area contributed by atoms with Crippen molar-refractivity contribution in [3.05, 3.63) is 18.4 Å². The van der Waals surface area contributed by atoms with Crippen LogP contribution in [0.5, 0.6) is 0 Å². The summed E-state index contributed by atoms with van der Waals surface area (Å²) >= 11 is 0. The van der Waals surface area contributed by atoms with Crippen molar-refractivity contribution in [3.63, 3.8) is 0 Å². The average molecular weight is 180 g/mol. The molecule has 72 valence electrons. The Hall–Kier alpha value is -0.830. The quantitative estimate of drug-likeness (QED) is 0.768. The molecule has 1 saturated heterocycles. The third-order valence-electron chi connectivity index (χ3n) is 2.65. The number of hydrogen-bond donors (Lipinski definition) is 1. The molecule has 13 heavy (non-hydrogen) atoms. The van der Waals surface area contributed by atoms with E-state index in [0.717, 1.165) is 18.2 Å². The van der Waals surface area contributed by atoms with Crippen LogP contribution < -0.4 is 5.32 Å². The van der Waals surface area contributed by atoms with Crippen molar-refractivity contribution in [2.45, 2.75) is 25.7 Å². The van der Waals surface area contributed by atoms with Crippen LogP contribution in [0.2, 0.25) is 0 Å². The molecule has 1 N–H and O–H groups in total. The van der Waals surface area contributed by atoms with Gasteiger partial charge in [0.1, 0.15) is 6.26 Å². The van der Waals surface area contributed by atoms with E-state index in [1.165, 1.54) is 32.4 Å². The first-order valence-corrected chi connectivity index (χ1v) is 5.04. The summed E-state index contributed by atoms with van der Waals surface area (Å²) < 4.78 is 5.19. The predicted octanol–water partition coefficient (Wildman–Crippen LogP) is 1.61. The lowest BCUT2D eigenvalue weighted by Gasteiger charge is -2.21. The third-order valence-corrected chi connectivity index (χ3v) is 2.65. The Balaban J connectivity index is 1.72. The van der Waals surface area contributed by atoms with Crippen LogP contribution in [0, 0.1) is 5.92 Å². The van der Waals surface area contributed by atoms with Crippen LogP contribution in [-0.2, 0) is 6.42 Å². The van der Waals surface area contributed by atoms with Gasteiger partial charge in [0, 0.05) is 6.42 Å². The minimum Gasteiger partial charge on any atom is -0.449 e. The van der Waals surface area contributed by atoms with E-state index >= 15 is 0 Å². The molecule has 1 unspecified atom stereocenters. The van der Waals surface area contributed by atoms with Crippen LogP contribution in [-0.4, -0.2) is 18.1 Å². The highest BCUT2D eigenvalue weighted by Gasteiger charge is 2.13. The summed E-state index contributed by atoms with van der Waals surface area (Å²) in [5.41, 5.74) is 0. The highest BCUT2D eigenvalue weighted by Crippen LogP contribution is 2.16. The Labute approximate surface area is 78.5 Å². The molecule has 0 saturated carbocycles. The lowest BCUT2D eigenvalue weighted by atomic mass is 9.95. The Bertz CT molecular complexity index is 227. The summed E-state index contributed by atoms with van der Waals surface area (Å²) in [4.78, 5) is 4.11. The number of rotatable bonds is 3. The molecule has 0 bridgehead atoms. The van der Waals surface area contributed by atoms with Gasteiger partial charge < -0.3 is 9.73 Å². The molecule has 1 aliphatic rings. The lowest BCUT2D eigenvalue weighted by Crippen LogP contribution is -2.29. The molecule has 1 atom stereocenters. The van der Waals surface area contributed by atoms with Gasteiger partial charge in [-0.25, -0.2) is 4.98 Å². The van der Waals surface area contributed by atoms with E-state index < -0.39 is 0 Å². The molecule has 1 aromatic rings. The minimum absolute atomic E-state index is 0.820. The highest BCUT2D eigenvalue weighted by atomic mass is 16.3. The zero-order chi connectivity index (χ0) is 8.93. The van der Waals surface area contributed by atoms with Crippen molar-refractivity contribution in [2.75, 3.05) is 13.1 Å². The molecule has 2 heterocycles. The minimum atomic E-state index is 0.820. The lowest BCUT2D eigenvalue weighted by molar-refractivity contribution is 0.345. The van der Waals surface area contributed by atoms with Gasteiger partial charge in [0.05, 0.1) is 6.20 Å². The molecule has 3 heteroatoms. The van der Waals surface area contributed by atoms with Gasteiger partial charge in [-0.3, -0.25) is 0 Å². The zero-order valence-electron chi connectivity index (χ0n) is 7.83. The molecule has 0 spiro atoms. The number of nitrogens with one attached hydrogen (secondary N) is 1. The Kier molecular flexibility index (Phi) is 2.98. The first-order valence-electron chi connectivity index (χ1n) is 5.04. The first kappa shape index (κ1) is 8.75. The van der Waals surface area contributed by atoms with Gasteiger partial charge in [0.25, 0.3) is 0 Å². The fourth-order valence-electron chi connectivity index (χ4n) is 1.87. The Morgan fingerprint density at radius 2 is 2.62 bits per heavy atom. The second kappa shape index (κ2) is 4.42. The van der Waals surface area contributed by atoms with Crippen LogP contribution in [0.25, 0.3) is 0 Å². The number of aromatic nitrogens is 1. The Morgan fingerprint density at radius 1 is 1.62 bits per heavy atom. The standard InChI is InChI=1S/C10H16N2O/c1-2-9(8-11-5-1)3-4-10-12-6-7-13-10/h6-7,9,11H,1-5,8H2. The molecule has 0 aliphatic carbocycles. The van der Waals surface area contributed by atoms with Gasteiger partial charge in [-0.15, -0.1) is 0 Å². The number of oxazole rings is 1. The van der Waals surface area contributed by atoms with Crippen LogP contribution in [0.4, 0.5) is 0 Å². The van der Waals surface area contributed by atoms with Crippen molar-refractivity contribution in [1.82, 2.24) is 10.3 Å². The van der Waals surface area contributed by atoms with Crippen LogP contribution in [0.1, 0.15) is 25.2 Å². The number of nitrogens with zero attached hydrogens (tertiary/aromatic N) is 1. The second-order valence-corrected chi connectivity index (χ2v) is 3.68. The molecule has 1 fully saturated rings. The van der Waals surface area contributed by atoms with Gasteiger partial charge >= 0.3 is 0 Å². The predicted molar refractivity (Wildman–Crippen MR) is 50.4 cm³/mol. The molecule has 3 nitrogen and oxygen atoms in total. The fourth-order valence-corrected chi connectivity index (χ4v) is 1.87. The van der Waals surface area contributed by atoms with Crippen molar-refractivity contribution in [2.24, 2.45) is 5.92 Å². The van der Waals surface area contributed by atoms with Gasteiger partial charge in [0.15, 0.2) is 5.89 Å². The molecule has 1 aliphatic heterocycles. The summed E-state index contributed by atoms with van der Waals surface area (Å²) in [6, 6.07) is 0. The molecule has 1 aromatic heterocycles. The number of aryl methyl sites for hydroxylation is 1. The van der Waals surface area contributed by atoms with Crippen molar-refractivity contribution in [1.29, 1.82) is 0 Å². The molecule has 0 radical (unpaired) electrons. The van der Waals surface area contributed by atoms with Gasteiger partial charge in [0.2, 0.25) is 0 Å². The molecule has 0 aromatic carbocycles. The van der Waals surface area contributed by atoms with Crippen LogP contribution in [0.15, 0.2) is 16.9 Å². The molecular weight excluding hydrogens is 164 g/mol. The van der Waals surface area contributed by atoms with Crippen molar-refractivity contribution in [3.8, 4) is 0 Å². The molecule has 0 amide bonds. The first-order chi connectivity index (χ1) is 6.45. The summed E-state index contributed by atoms with van der Waals surface area (Å²) in [6.45, 7) is 2.36. The van der Waals surface area contributed by atoms with Crippen molar-refractivity contribution >= 4 is 0 Å². The fraction of sp³-hybridized carbons (Fsp3) is 0.700. The topological polar surface area (TPSA) is 38.1 Å². The smallest absolute Gasteiger partial charge is 0.193 e. The van der Waals surface area contributed by atoms with E-state index in [1.54, 1.807) is 12.5 Å². The van der Waals surface area contributed by atoms with Gasteiger partial charge in [-0.1, -0.05) is 0 Å². The SMILES string of the molecule is c1coc(CCC2CCCNC2)n1. The van der Waals surface area contributed by atoms with Crippen LogP contribution >= 0.6 is 0 Å². The molecule has 2 rings (SSSR count). The zero-order valence-corrected chi connectivity index (χ0v) is 7.83. The summed E-state index contributed by atoms with van der Waals surface area (Å²) in [5.74, 6) is 1.70. The highest BCUT2D eigenvalue weighted by molar-refractivity contribution is 4.81. The normalized spacial score (nSPS) is 23.2. The third kappa shape index (κ3) is 2.56. The van der Waals surface area contributed by atoms with E-state index in [2.05, 4.69) is 10.3 Å². The van der Waals surface area contributed by atoms with E-state index in [4.69, 9.17) is 4.42 Å². The summed E-state index contributed by atoms with van der Waals surface area (Å²) in [5, 5.41) is 3.41. The van der Waals surface area contributed by atoms with Crippen LogP contribution in [0.3, 0.4) is 0 Å². The number of piperidine rings is 1. The number of hydrogen-bond acceptors (Lipinski definition) is 3. The van der Waals surface area contributed by atoms with E-state index in [-0.39, 0.29) is 0 Å². The van der Waals surface area contributed by atoms with E-state index in [1.807, 2.05) is 0 Å².